The van der Waals surface area contributed by atoms with Crippen molar-refractivity contribution < 1.29 is 18.3 Å². The Morgan fingerprint density at radius 3 is 2.47 bits per heavy atom. The fourth-order valence-corrected chi connectivity index (χ4v) is 1.58. The molecule has 1 aromatic rings. The second kappa shape index (κ2) is 4.96. The van der Waals surface area contributed by atoms with E-state index in [1.807, 2.05) is 0 Å². The van der Waals surface area contributed by atoms with E-state index in [0.29, 0.717) is 0 Å². The van der Waals surface area contributed by atoms with Crippen LogP contribution in [0, 0.1) is 17.5 Å². The van der Waals surface area contributed by atoms with Crippen LogP contribution in [0.3, 0.4) is 0 Å². The highest BCUT2D eigenvalue weighted by Gasteiger charge is 2.22. The SMILES string of the molecule is NC(CCO)c1c(F)cc(Br)c(F)c1F. The number of aliphatic hydroxyl groups excluding tert-OH is 1. The van der Waals surface area contributed by atoms with Crippen molar-refractivity contribution in [3.8, 4) is 0 Å². The van der Waals surface area contributed by atoms with Crippen molar-refractivity contribution >= 4 is 15.9 Å². The van der Waals surface area contributed by atoms with E-state index < -0.39 is 29.1 Å². The molecule has 0 aromatic heterocycles. The zero-order valence-electron chi connectivity index (χ0n) is 7.61. The molecule has 15 heavy (non-hydrogen) atoms. The Balaban J connectivity index is 3.23. The summed E-state index contributed by atoms with van der Waals surface area (Å²) in [7, 11) is 0. The van der Waals surface area contributed by atoms with Gasteiger partial charge in [-0.1, -0.05) is 0 Å². The molecule has 84 valence electrons. The van der Waals surface area contributed by atoms with Gasteiger partial charge in [0.15, 0.2) is 11.6 Å². The highest BCUT2D eigenvalue weighted by molar-refractivity contribution is 9.10. The Kier molecular flexibility index (Phi) is 4.12. The van der Waals surface area contributed by atoms with Crippen molar-refractivity contribution in [3.63, 3.8) is 0 Å². The van der Waals surface area contributed by atoms with E-state index in [9.17, 15) is 13.2 Å². The van der Waals surface area contributed by atoms with E-state index in [1.165, 1.54) is 0 Å². The molecule has 1 atom stereocenters. The average molecular weight is 284 g/mol. The Hall–Kier alpha value is -0.590. The molecule has 0 aliphatic rings. The third-order valence-corrected chi connectivity index (χ3v) is 2.54. The molecular weight excluding hydrogens is 275 g/mol. The number of hydrogen-bond donors (Lipinski definition) is 2. The zero-order chi connectivity index (χ0) is 11.6. The van der Waals surface area contributed by atoms with Gasteiger partial charge in [-0.15, -0.1) is 0 Å². The Morgan fingerprint density at radius 1 is 1.33 bits per heavy atom. The molecule has 0 aliphatic heterocycles. The van der Waals surface area contributed by atoms with Crippen molar-refractivity contribution in [3.05, 3.63) is 33.6 Å². The molecule has 1 rings (SSSR count). The molecular formula is C9H9BrF3NO. The number of aliphatic hydroxyl groups is 1. The zero-order valence-corrected chi connectivity index (χ0v) is 9.19. The van der Waals surface area contributed by atoms with Gasteiger partial charge in [0, 0.05) is 18.2 Å². The van der Waals surface area contributed by atoms with Crippen LogP contribution in [0.1, 0.15) is 18.0 Å². The van der Waals surface area contributed by atoms with Crippen LogP contribution in [0.2, 0.25) is 0 Å². The second-order valence-electron chi connectivity index (χ2n) is 3.00. The van der Waals surface area contributed by atoms with Crippen LogP contribution < -0.4 is 5.73 Å². The van der Waals surface area contributed by atoms with Crippen LogP contribution >= 0.6 is 15.9 Å². The van der Waals surface area contributed by atoms with Gasteiger partial charge in [-0.25, -0.2) is 13.2 Å². The molecule has 0 bridgehead atoms. The predicted molar refractivity (Wildman–Crippen MR) is 52.6 cm³/mol. The fraction of sp³-hybridized carbons (Fsp3) is 0.333. The van der Waals surface area contributed by atoms with E-state index in [2.05, 4.69) is 15.9 Å². The molecule has 0 radical (unpaired) electrons. The maximum atomic E-state index is 13.3. The van der Waals surface area contributed by atoms with Gasteiger partial charge in [-0.3, -0.25) is 0 Å². The van der Waals surface area contributed by atoms with Crippen molar-refractivity contribution in [1.29, 1.82) is 0 Å². The van der Waals surface area contributed by atoms with Crippen molar-refractivity contribution in [1.82, 2.24) is 0 Å². The maximum absolute atomic E-state index is 13.3. The highest BCUT2D eigenvalue weighted by atomic mass is 79.9. The molecule has 1 unspecified atom stereocenters. The van der Waals surface area contributed by atoms with Crippen LogP contribution in [0.5, 0.6) is 0 Å². The quantitative estimate of drug-likeness (QED) is 0.660. The normalized spacial score (nSPS) is 12.9. The third-order valence-electron chi connectivity index (χ3n) is 1.96. The molecule has 0 saturated heterocycles. The summed E-state index contributed by atoms with van der Waals surface area (Å²) in [6.07, 6.45) is -0.0328. The van der Waals surface area contributed by atoms with Crippen molar-refractivity contribution in [2.75, 3.05) is 6.61 Å². The second-order valence-corrected chi connectivity index (χ2v) is 3.85. The van der Waals surface area contributed by atoms with E-state index in [1.54, 1.807) is 0 Å². The lowest BCUT2D eigenvalue weighted by molar-refractivity contribution is 0.273. The van der Waals surface area contributed by atoms with Gasteiger partial charge in [0.05, 0.1) is 4.47 Å². The van der Waals surface area contributed by atoms with Gasteiger partial charge in [-0.05, 0) is 28.4 Å². The first-order chi connectivity index (χ1) is 6.99. The number of hydrogen-bond acceptors (Lipinski definition) is 2. The molecule has 0 fully saturated rings. The van der Waals surface area contributed by atoms with Gasteiger partial charge in [0.25, 0.3) is 0 Å². The highest BCUT2D eigenvalue weighted by Crippen LogP contribution is 2.28. The lowest BCUT2D eigenvalue weighted by atomic mass is 10.0. The minimum atomic E-state index is -1.32. The minimum absolute atomic E-state index is 0.0328. The summed E-state index contributed by atoms with van der Waals surface area (Å²) in [5.74, 6) is -3.43. The average Bonchev–Trinajstić information content (AvgIpc) is 2.15. The molecule has 0 spiro atoms. The smallest absolute Gasteiger partial charge is 0.173 e. The lowest BCUT2D eigenvalue weighted by Crippen LogP contribution is -2.16. The summed E-state index contributed by atoms with van der Waals surface area (Å²) in [5.41, 5.74) is 4.87. The van der Waals surface area contributed by atoms with Crippen LogP contribution in [0.15, 0.2) is 10.5 Å². The predicted octanol–water partition coefficient (Wildman–Crippen LogP) is 2.25. The topological polar surface area (TPSA) is 46.2 Å². The summed E-state index contributed by atoms with van der Waals surface area (Å²) in [5, 5.41) is 8.58. The molecule has 0 aliphatic carbocycles. The summed E-state index contributed by atoms with van der Waals surface area (Å²) in [6.45, 7) is -0.322. The minimum Gasteiger partial charge on any atom is -0.396 e. The number of rotatable bonds is 3. The van der Waals surface area contributed by atoms with E-state index in [4.69, 9.17) is 10.8 Å². The Labute approximate surface area is 93.0 Å². The number of halogens is 4. The van der Waals surface area contributed by atoms with Crippen molar-refractivity contribution in [2.45, 2.75) is 12.5 Å². The summed E-state index contributed by atoms with van der Waals surface area (Å²) >= 11 is 2.67. The standard InChI is InChI=1S/C9H9BrF3NO/c10-4-3-5(11)7(6(14)1-2-15)9(13)8(4)12/h3,6,15H,1-2,14H2. The van der Waals surface area contributed by atoms with Gasteiger partial charge >= 0.3 is 0 Å². The number of benzene rings is 1. The maximum Gasteiger partial charge on any atom is 0.173 e. The van der Waals surface area contributed by atoms with E-state index in [0.717, 1.165) is 6.07 Å². The third kappa shape index (κ3) is 2.50. The molecule has 0 saturated carbocycles. The summed E-state index contributed by atoms with van der Waals surface area (Å²) in [6, 6.07) is -0.247. The van der Waals surface area contributed by atoms with Gasteiger partial charge in [-0.2, -0.15) is 0 Å². The van der Waals surface area contributed by atoms with Crippen LogP contribution in [-0.4, -0.2) is 11.7 Å². The molecule has 2 nitrogen and oxygen atoms in total. The molecule has 1 aromatic carbocycles. The fourth-order valence-electron chi connectivity index (χ4n) is 1.20. The molecule has 3 N–H and O–H groups in total. The molecule has 0 heterocycles. The van der Waals surface area contributed by atoms with Crippen LogP contribution in [-0.2, 0) is 0 Å². The van der Waals surface area contributed by atoms with Gasteiger partial charge in [0.2, 0.25) is 0 Å². The Morgan fingerprint density at radius 2 is 1.93 bits per heavy atom. The monoisotopic (exact) mass is 283 g/mol. The first kappa shape index (κ1) is 12.5. The first-order valence-corrected chi connectivity index (χ1v) is 4.97. The van der Waals surface area contributed by atoms with Gasteiger partial charge < -0.3 is 10.8 Å². The molecule has 6 heteroatoms. The van der Waals surface area contributed by atoms with Crippen molar-refractivity contribution in [2.24, 2.45) is 5.73 Å². The van der Waals surface area contributed by atoms with E-state index >= 15 is 0 Å². The largest absolute Gasteiger partial charge is 0.396 e. The van der Waals surface area contributed by atoms with Crippen LogP contribution in [0.4, 0.5) is 13.2 Å². The lowest BCUT2D eigenvalue weighted by Gasteiger charge is -2.13. The first-order valence-electron chi connectivity index (χ1n) is 4.18. The summed E-state index contributed by atoms with van der Waals surface area (Å²) < 4.78 is 39.3. The van der Waals surface area contributed by atoms with E-state index in [-0.39, 0.29) is 17.5 Å². The van der Waals surface area contributed by atoms with Gasteiger partial charge in [0.1, 0.15) is 5.82 Å². The Bertz CT molecular complexity index is 373. The number of nitrogens with two attached hydrogens (primary N) is 1. The summed E-state index contributed by atoms with van der Waals surface area (Å²) in [4.78, 5) is 0. The molecule has 0 amide bonds. The van der Waals surface area contributed by atoms with Crippen LogP contribution in [0.25, 0.3) is 0 Å².